The fraction of sp³-hybridized carbons (Fsp3) is 0.438. The highest BCUT2D eigenvalue weighted by Crippen LogP contribution is 2.26. The molecular formula is C16H21NO3. The van der Waals surface area contributed by atoms with Crippen molar-refractivity contribution in [2.45, 2.75) is 32.4 Å². The SMILES string of the molecule is COc1ccc(C=CC(=O)O)cc1CN1CCCC1C. The summed E-state index contributed by atoms with van der Waals surface area (Å²) in [6.07, 6.45) is 5.24. The second kappa shape index (κ2) is 6.57. The van der Waals surface area contributed by atoms with Crippen LogP contribution in [0.25, 0.3) is 6.08 Å². The number of nitrogens with zero attached hydrogens (tertiary/aromatic N) is 1. The van der Waals surface area contributed by atoms with E-state index >= 15 is 0 Å². The van der Waals surface area contributed by atoms with Gasteiger partial charge in [-0.15, -0.1) is 0 Å². The first-order valence-corrected chi connectivity index (χ1v) is 6.92. The van der Waals surface area contributed by atoms with Crippen LogP contribution in [-0.4, -0.2) is 35.7 Å². The van der Waals surface area contributed by atoms with Gasteiger partial charge in [-0.25, -0.2) is 4.79 Å². The Balaban J connectivity index is 2.20. The van der Waals surface area contributed by atoms with Gasteiger partial charge in [0, 0.05) is 24.2 Å². The highest BCUT2D eigenvalue weighted by atomic mass is 16.5. The lowest BCUT2D eigenvalue weighted by Crippen LogP contribution is -2.26. The summed E-state index contributed by atoms with van der Waals surface area (Å²) in [5.41, 5.74) is 1.99. The largest absolute Gasteiger partial charge is 0.496 e. The lowest BCUT2D eigenvalue weighted by atomic mass is 10.1. The van der Waals surface area contributed by atoms with Gasteiger partial charge in [-0.1, -0.05) is 6.07 Å². The van der Waals surface area contributed by atoms with Crippen LogP contribution in [0.3, 0.4) is 0 Å². The van der Waals surface area contributed by atoms with E-state index in [0.29, 0.717) is 6.04 Å². The van der Waals surface area contributed by atoms with Crippen LogP contribution >= 0.6 is 0 Å². The van der Waals surface area contributed by atoms with Crippen LogP contribution in [0, 0.1) is 0 Å². The summed E-state index contributed by atoms with van der Waals surface area (Å²) < 4.78 is 5.40. The third-order valence-corrected chi connectivity index (χ3v) is 3.79. The number of ether oxygens (including phenoxy) is 1. The molecule has 1 aromatic carbocycles. The van der Waals surface area contributed by atoms with Gasteiger partial charge in [-0.2, -0.15) is 0 Å². The van der Waals surface area contributed by atoms with E-state index in [0.717, 1.165) is 36.0 Å². The molecule has 1 heterocycles. The van der Waals surface area contributed by atoms with Crippen LogP contribution in [0.4, 0.5) is 0 Å². The number of hydrogen-bond donors (Lipinski definition) is 1. The van der Waals surface area contributed by atoms with E-state index in [9.17, 15) is 4.79 Å². The average molecular weight is 275 g/mol. The number of carboxylic acid groups (broad SMARTS) is 1. The number of methoxy groups -OCH3 is 1. The second-order valence-electron chi connectivity index (χ2n) is 5.20. The normalized spacial score (nSPS) is 19.6. The van der Waals surface area contributed by atoms with E-state index in [4.69, 9.17) is 9.84 Å². The second-order valence-corrected chi connectivity index (χ2v) is 5.20. The van der Waals surface area contributed by atoms with Crippen molar-refractivity contribution in [1.29, 1.82) is 0 Å². The van der Waals surface area contributed by atoms with Gasteiger partial charge in [0.2, 0.25) is 0 Å². The maximum atomic E-state index is 10.6. The molecule has 1 fully saturated rings. The van der Waals surface area contributed by atoms with Crippen LogP contribution in [-0.2, 0) is 11.3 Å². The molecule has 1 atom stereocenters. The molecule has 1 aliphatic rings. The van der Waals surface area contributed by atoms with Crippen LogP contribution in [0.15, 0.2) is 24.3 Å². The van der Waals surface area contributed by atoms with Gasteiger partial charge in [0.1, 0.15) is 5.75 Å². The lowest BCUT2D eigenvalue weighted by molar-refractivity contribution is -0.131. The fourth-order valence-corrected chi connectivity index (χ4v) is 2.64. The van der Waals surface area contributed by atoms with E-state index in [1.165, 1.54) is 12.8 Å². The fourth-order valence-electron chi connectivity index (χ4n) is 2.64. The molecule has 0 amide bonds. The van der Waals surface area contributed by atoms with Gasteiger partial charge < -0.3 is 9.84 Å². The summed E-state index contributed by atoms with van der Waals surface area (Å²) in [7, 11) is 1.67. The van der Waals surface area contributed by atoms with Crippen molar-refractivity contribution < 1.29 is 14.6 Å². The predicted molar refractivity (Wildman–Crippen MR) is 78.8 cm³/mol. The average Bonchev–Trinajstić information content (AvgIpc) is 2.82. The quantitative estimate of drug-likeness (QED) is 0.839. The molecule has 0 aromatic heterocycles. The minimum Gasteiger partial charge on any atom is -0.496 e. The Bertz CT molecular complexity index is 510. The number of aliphatic carboxylic acids is 1. The van der Waals surface area contributed by atoms with E-state index in [1.807, 2.05) is 18.2 Å². The molecule has 1 saturated heterocycles. The van der Waals surface area contributed by atoms with Crippen molar-refractivity contribution in [3.63, 3.8) is 0 Å². The molecule has 0 aliphatic carbocycles. The standard InChI is InChI=1S/C16H21NO3/c1-12-4-3-9-17(12)11-14-10-13(6-8-16(18)19)5-7-15(14)20-2/h5-8,10,12H,3-4,9,11H2,1-2H3,(H,18,19). The number of carboxylic acids is 1. The number of benzene rings is 1. The monoisotopic (exact) mass is 275 g/mol. The molecule has 2 rings (SSSR count). The molecule has 1 unspecified atom stereocenters. The molecule has 0 saturated carbocycles. The van der Waals surface area contributed by atoms with Crippen LogP contribution in [0.5, 0.6) is 5.75 Å². The summed E-state index contributed by atoms with van der Waals surface area (Å²) >= 11 is 0. The highest BCUT2D eigenvalue weighted by molar-refractivity contribution is 5.85. The molecule has 108 valence electrons. The predicted octanol–water partition coefficient (Wildman–Crippen LogP) is 2.78. The van der Waals surface area contributed by atoms with Crippen LogP contribution in [0.2, 0.25) is 0 Å². The van der Waals surface area contributed by atoms with Gasteiger partial charge in [-0.05, 0) is 50.1 Å². The Kier molecular flexibility index (Phi) is 4.79. The molecule has 0 radical (unpaired) electrons. The van der Waals surface area contributed by atoms with Crippen molar-refractivity contribution in [3.8, 4) is 5.75 Å². The first-order valence-electron chi connectivity index (χ1n) is 6.92. The third-order valence-electron chi connectivity index (χ3n) is 3.79. The zero-order valence-corrected chi connectivity index (χ0v) is 12.0. The van der Waals surface area contributed by atoms with Crippen molar-refractivity contribution in [3.05, 3.63) is 35.4 Å². The topological polar surface area (TPSA) is 49.8 Å². The Hall–Kier alpha value is -1.81. The zero-order valence-electron chi connectivity index (χ0n) is 12.0. The molecule has 0 spiro atoms. The third kappa shape index (κ3) is 3.61. The Morgan fingerprint density at radius 1 is 1.55 bits per heavy atom. The number of hydrogen-bond acceptors (Lipinski definition) is 3. The van der Waals surface area contributed by atoms with E-state index in [-0.39, 0.29) is 0 Å². The number of likely N-dealkylation sites (tertiary alicyclic amines) is 1. The maximum absolute atomic E-state index is 10.6. The van der Waals surface area contributed by atoms with Crippen molar-refractivity contribution >= 4 is 12.0 Å². The van der Waals surface area contributed by atoms with Gasteiger partial charge in [0.05, 0.1) is 7.11 Å². The molecule has 4 nitrogen and oxygen atoms in total. The molecule has 1 N–H and O–H groups in total. The van der Waals surface area contributed by atoms with Crippen molar-refractivity contribution in [1.82, 2.24) is 4.90 Å². The molecular weight excluding hydrogens is 254 g/mol. The first-order chi connectivity index (χ1) is 9.60. The Morgan fingerprint density at radius 2 is 2.35 bits per heavy atom. The van der Waals surface area contributed by atoms with E-state index in [2.05, 4.69) is 11.8 Å². The van der Waals surface area contributed by atoms with Crippen LogP contribution in [0.1, 0.15) is 30.9 Å². The number of rotatable bonds is 5. The van der Waals surface area contributed by atoms with E-state index in [1.54, 1.807) is 13.2 Å². The van der Waals surface area contributed by atoms with Gasteiger partial charge >= 0.3 is 5.97 Å². The lowest BCUT2D eigenvalue weighted by Gasteiger charge is -2.22. The minimum absolute atomic E-state index is 0.595. The Morgan fingerprint density at radius 3 is 2.95 bits per heavy atom. The summed E-state index contributed by atoms with van der Waals surface area (Å²) in [4.78, 5) is 13.0. The van der Waals surface area contributed by atoms with Gasteiger partial charge in [0.25, 0.3) is 0 Å². The maximum Gasteiger partial charge on any atom is 0.328 e. The smallest absolute Gasteiger partial charge is 0.328 e. The summed E-state index contributed by atoms with van der Waals surface area (Å²) in [5, 5.41) is 8.69. The highest BCUT2D eigenvalue weighted by Gasteiger charge is 2.21. The van der Waals surface area contributed by atoms with Crippen molar-refractivity contribution in [2.24, 2.45) is 0 Å². The zero-order chi connectivity index (χ0) is 14.5. The molecule has 20 heavy (non-hydrogen) atoms. The summed E-state index contributed by atoms with van der Waals surface area (Å²) in [5.74, 6) is -0.0768. The molecule has 0 bridgehead atoms. The summed E-state index contributed by atoms with van der Waals surface area (Å²) in [6, 6.07) is 6.37. The van der Waals surface area contributed by atoms with Crippen LogP contribution < -0.4 is 4.74 Å². The van der Waals surface area contributed by atoms with Gasteiger partial charge in [-0.3, -0.25) is 4.90 Å². The molecule has 1 aromatic rings. The minimum atomic E-state index is -0.935. The van der Waals surface area contributed by atoms with E-state index < -0.39 is 5.97 Å². The molecule has 1 aliphatic heterocycles. The molecule has 4 heteroatoms. The summed E-state index contributed by atoms with van der Waals surface area (Å²) in [6.45, 7) is 4.20. The Labute approximate surface area is 119 Å². The first kappa shape index (κ1) is 14.6. The van der Waals surface area contributed by atoms with Gasteiger partial charge in [0.15, 0.2) is 0 Å². The number of carbonyl (C=O) groups is 1. The van der Waals surface area contributed by atoms with Crippen molar-refractivity contribution in [2.75, 3.05) is 13.7 Å².